The lowest BCUT2D eigenvalue weighted by atomic mass is 10.1. The molecule has 0 radical (unpaired) electrons. The van der Waals surface area contributed by atoms with E-state index in [-0.39, 0.29) is 36.0 Å². The van der Waals surface area contributed by atoms with Crippen LogP contribution < -0.4 is 14.8 Å². The van der Waals surface area contributed by atoms with Gasteiger partial charge in [-0.15, -0.1) is 0 Å². The first-order chi connectivity index (χ1) is 14.9. The molecule has 0 spiro atoms. The summed E-state index contributed by atoms with van der Waals surface area (Å²) in [4.78, 5) is 35.7. The van der Waals surface area contributed by atoms with Crippen molar-refractivity contribution in [1.29, 1.82) is 0 Å². The van der Waals surface area contributed by atoms with Crippen LogP contribution in [0, 0.1) is 0 Å². The molecule has 1 aromatic rings. The number of rotatable bonds is 14. The molecule has 0 aliphatic heterocycles. The molecule has 0 aliphatic carbocycles. The molecule has 0 aliphatic rings. The molecule has 1 aromatic carbocycles. The molecule has 174 valence electrons. The summed E-state index contributed by atoms with van der Waals surface area (Å²) in [5.41, 5.74) is -0.199. The molecule has 0 unspecified atom stereocenters. The van der Waals surface area contributed by atoms with Gasteiger partial charge in [-0.25, -0.2) is 14.4 Å². The number of ether oxygens (including phenoxy) is 4. The number of methoxy groups -OCH3 is 1. The Kier molecular flexibility index (Phi) is 12.5. The Bertz CT molecular complexity index is 720. The molecule has 0 saturated carbocycles. The maximum Gasteiger partial charge on any atom is 0.514 e. The second-order valence-electron chi connectivity index (χ2n) is 6.91. The highest BCUT2D eigenvalue weighted by molar-refractivity contribution is 5.96. The van der Waals surface area contributed by atoms with Crippen molar-refractivity contribution in [1.82, 2.24) is 0 Å². The Labute approximate surface area is 183 Å². The number of hydrogen-bond donors (Lipinski definition) is 2. The third-order valence-corrected chi connectivity index (χ3v) is 4.42. The van der Waals surface area contributed by atoms with Gasteiger partial charge < -0.3 is 24.1 Å². The molecule has 0 aromatic heterocycles. The van der Waals surface area contributed by atoms with Gasteiger partial charge in [0, 0.05) is 0 Å². The van der Waals surface area contributed by atoms with Crippen LogP contribution in [-0.4, -0.2) is 43.6 Å². The van der Waals surface area contributed by atoms with E-state index in [0.717, 1.165) is 44.9 Å². The van der Waals surface area contributed by atoms with E-state index < -0.39 is 18.2 Å². The van der Waals surface area contributed by atoms with Gasteiger partial charge >= 0.3 is 18.2 Å². The van der Waals surface area contributed by atoms with E-state index in [9.17, 15) is 19.5 Å². The normalized spacial score (nSPS) is 10.3. The van der Waals surface area contributed by atoms with Gasteiger partial charge in [0.1, 0.15) is 5.56 Å². The summed E-state index contributed by atoms with van der Waals surface area (Å²) in [6.07, 6.45) is 5.73. The van der Waals surface area contributed by atoms with Gasteiger partial charge in [-0.3, -0.25) is 5.32 Å². The minimum Gasteiger partial charge on any atom is -0.491 e. The lowest BCUT2D eigenvalue weighted by Crippen LogP contribution is -2.18. The predicted molar refractivity (Wildman–Crippen MR) is 115 cm³/mol. The topological polar surface area (TPSA) is 120 Å². The summed E-state index contributed by atoms with van der Waals surface area (Å²) < 4.78 is 20.5. The third-order valence-electron chi connectivity index (χ3n) is 4.42. The van der Waals surface area contributed by atoms with E-state index in [2.05, 4.69) is 19.2 Å². The summed E-state index contributed by atoms with van der Waals surface area (Å²) in [6.45, 7) is 4.57. The number of anilines is 1. The smallest absolute Gasteiger partial charge is 0.491 e. The van der Waals surface area contributed by atoms with E-state index in [4.69, 9.17) is 18.9 Å². The Morgan fingerprint density at radius 1 is 0.871 bits per heavy atom. The molecule has 9 heteroatoms. The molecule has 1 rings (SSSR count). The monoisotopic (exact) mass is 439 g/mol. The van der Waals surface area contributed by atoms with Crippen LogP contribution in [0.1, 0.15) is 75.6 Å². The van der Waals surface area contributed by atoms with E-state index in [1.807, 2.05) is 0 Å². The number of benzene rings is 1. The number of nitrogens with one attached hydrogen (secondary N) is 1. The highest BCUT2D eigenvalue weighted by Gasteiger charge is 2.24. The lowest BCUT2D eigenvalue weighted by molar-refractivity contribution is 0.0688. The minimum atomic E-state index is -1.32. The number of carboxylic acids is 1. The van der Waals surface area contributed by atoms with Crippen molar-refractivity contribution in [2.24, 2.45) is 0 Å². The van der Waals surface area contributed by atoms with E-state index in [1.54, 1.807) is 0 Å². The average molecular weight is 440 g/mol. The van der Waals surface area contributed by atoms with Gasteiger partial charge in [0.15, 0.2) is 11.5 Å². The minimum absolute atomic E-state index is 0.108. The Morgan fingerprint density at radius 2 is 1.48 bits per heavy atom. The average Bonchev–Trinajstić information content (AvgIpc) is 2.73. The third kappa shape index (κ3) is 9.59. The van der Waals surface area contributed by atoms with Crippen LogP contribution in [0.2, 0.25) is 0 Å². The standard InChI is InChI=1S/C22H33NO8/c1-4-6-8-10-14-29-21(26)23-17-13-12-16(20(24)25)18(19(17)28-3)31-22(27)30-15-11-9-7-5-2/h12-13H,4-11,14-15H2,1-3H3,(H,23,26)(H,24,25). The summed E-state index contributed by atoms with van der Waals surface area (Å²) in [7, 11) is 1.27. The van der Waals surface area contributed by atoms with E-state index >= 15 is 0 Å². The van der Waals surface area contributed by atoms with Crippen LogP contribution >= 0.6 is 0 Å². The Morgan fingerprint density at radius 3 is 2.03 bits per heavy atom. The number of carbonyl (C=O) groups excluding carboxylic acids is 2. The van der Waals surface area contributed by atoms with Crippen LogP contribution in [0.15, 0.2) is 12.1 Å². The first kappa shape index (κ1) is 26.1. The maximum absolute atomic E-state index is 12.1. The van der Waals surface area contributed by atoms with Crippen molar-refractivity contribution in [3.8, 4) is 11.5 Å². The van der Waals surface area contributed by atoms with E-state index in [0.29, 0.717) is 6.42 Å². The summed E-state index contributed by atoms with van der Waals surface area (Å²) >= 11 is 0. The highest BCUT2D eigenvalue weighted by atomic mass is 16.7. The van der Waals surface area contributed by atoms with Crippen LogP contribution in [0.4, 0.5) is 15.3 Å². The van der Waals surface area contributed by atoms with Gasteiger partial charge in [-0.05, 0) is 25.0 Å². The van der Waals surface area contributed by atoms with Crippen LogP contribution in [0.5, 0.6) is 11.5 Å². The quantitative estimate of drug-likeness (QED) is 0.218. The molecule has 31 heavy (non-hydrogen) atoms. The summed E-state index contributed by atoms with van der Waals surface area (Å²) in [5, 5.41) is 11.9. The SMILES string of the molecule is CCCCCCOC(=O)Nc1ccc(C(=O)O)c(OC(=O)OCCCCCC)c1OC. The van der Waals surface area contributed by atoms with Crippen molar-refractivity contribution >= 4 is 23.9 Å². The molecule has 2 N–H and O–H groups in total. The molecule has 0 atom stereocenters. The van der Waals surface area contributed by atoms with Crippen LogP contribution in [-0.2, 0) is 9.47 Å². The van der Waals surface area contributed by atoms with Crippen molar-refractivity contribution in [2.75, 3.05) is 25.6 Å². The van der Waals surface area contributed by atoms with Crippen LogP contribution in [0.3, 0.4) is 0 Å². The fourth-order valence-corrected chi connectivity index (χ4v) is 2.77. The van der Waals surface area contributed by atoms with Crippen molar-refractivity contribution in [2.45, 2.75) is 65.2 Å². The number of aromatic carboxylic acids is 1. The highest BCUT2D eigenvalue weighted by Crippen LogP contribution is 2.39. The number of amides is 1. The molecule has 0 bridgehead atoms. The molecular formula is C22H33NO8. The first-order valence-corrected chi connectivity index (χ1v) is 10.7. The second-order valence-corrected chi connectivity index (χ2v) is 6.91. The van der Waals surface area contributed by atoms with Gasteiger partial charge in [0.2, 0.25) is 0 Å². The Hall–Kier alpha value is -2.97. The number of hydrogen-bond acceptors (Lipinski definition) is 7. The molecular weight excluding hydrogens is 406 g/mol. The van der Waals surface area contributed by atoms with Gasteiger partial charge in [0.25, 0.3) is 0 Å². The van der Waals surface area contributed by atoms with Gasteiger partial charge in [-0.2, -0.15) is 0 Å². The van der Waals surface area contributed by atoms with Crippen molar-refractivity contribution in [3.05, 3.63) is 17.7 Å². The molecule has 1 amide bonds. The second kappa shape index (κ2) is 14.9. The Balaban J connectivity index is 2.84. The molecule has 9 nitrogen and oxygen atoms in total. The molecule has 0 fully saturated rings. The molecule has 0 saturated heterocycles. The lowest BCUT2D eigenvalue weighted by Gasteiger charge is -2.16. The van der Waals surface area contributed by atoms with Crippen LogP contribution in [0.25, 0.3) is 0 Å². The summed E-state index contributed by atoms with van der Waals surface area (Å²) in [5.74, 6) is -1.80. The summed E-state index contributed by atoms with van der Waals surface area (Å²) in [6, 6.07) is 2.54. The number of carbonyl (C=O) groups is 3. The predicted octanol–water partition coefficient (Wildman–Crippen LogP) is 5.62. The molecule has 0 heterocycles. The maximum atomic E-state index is 12.1. The zero-order chi connectivity index (χ0) is 23.1. The zero-order valence-corrected chi connectivity index (χ0v) is 18.5. The van der Waals surface area contributed by atoms with Crippen molar-refractivity contribution in [3.63, 3.8) is 0 Å². The number of carboxylic acid groups (broad SMARTS) is 1. The first-order valence-electron chi connectivity index (χ1n) is 10.7. The van der Waals surface area contributed by atoms with Gasteiger partial charge in [0.05, 0.1) is 26.0 Å². The number of unbranched alkanes of at least 4 members (excludes halogenated alkanes) is 6. The van der Waals surface area contributed by atoms with Crippen molar-refractivity contribution < 1.29 is 38.4 Å². The van der Waals surface area contributed by atoms with Gasteiger partial charge in [-0.1, -0.05) is 52.4 Å². The fourth-order valence-electron chi connectivity index (χ4n) is 2.77. The zero-order valence-electron chi connectivity index (χ0n) is 18.5. The fraction of sp³-hybridized carbons (Fsp3) is 0.591. The van der Waals surface area contributed by atoms with E-state index in [1.165, 1.54) is 19.2 Å². The largest absolute Gasteiger partial charge is 0.514 e.